The molecule has 0 heteroatoms. The lowest BCUT2D eigenvalue weighted by molar-refractivity contribution is 0.516. The van der Waals surface area contributed by atoms with E-state index in [1.165, 1.54) is 19.3 Å². The Morgan fingerprint density at radius 1 is 1.62 bits per heavy atom. The molecule has 2 aliphatic rings. The molecule has 0 spiro atoms. The first-order chi connectivity index (χ1) is 3.86. The van der Waals surface area contributed by atoms with Crippen molar-refractivity contribution in [3.05, 3.63) is 11.6 Å². The highest BCUT2D eigenvalue weighted by atomic mass is 14.3. The van der Waals surface area contributed by atoms with Crippen molar-refractivity contribution in [1.82, 2.24) is 0 Å². The number of hydrogen-bond donors (Lipinski definition) is 0. The van der Waals surface area contributed by atoms with Crippen LogP contribution in [-0.4, -0.2) is 0 Å². The lowest BCUT2D eigenvalue weighted by atomic mass is 9.98. The Labute approximate surface area is 50.6 Å². The van der Waals surface area contributed by atoms with Gasteiger partial charge < -0.3 is 0 Å². The van der Waals surface area contributed by atoms with Crippen molar-refractivity contribution in [3.8, 4) is 0 Å². The molecule has 0 heterocycles. The minimum atomic E-state index is 0.939. The molecule has 1 saturated carbocycles. The molecule has 2 aliphatic carbocycles. The second-order valence-electron chi connectivity index (χ2n) is 3.22. The molecule has 2 atom stereocenters. The zero-order valence-corrected chi connectivity index (χ0v) is 5.35. The van der Waals surface area contributed by atoms with Crippen LogP contribution in [0.4, 0.5) is 0 Å². The first-order valence-corrected chi connectivity index (χ1v) is 3.55. The Kier molecular flexibility index (Phi) is 0.787. The summed E-state index contributed by atoms with van der Waals surface area (Å²) in [6.07, 6.45) is 6.74. The summed E-state index contributed by atoms with van der Waals surface area (Å²) in [4.78, 5) is 0. The molecule has 1 fully saturated rings. The Bertz CT molecular complexity index is 133. The minimum Gasteiger partial charge on any atom is -0.0848 e. The topological polar surface area (TPSA) is 0 Å². The normalized spacial score (nSPS) is 42.9. The van der Waals surface area contributed by atoms with Crippen molar-refractivity contribution in [3.63, 3.8) is 0 Å². The fraction of sp³-hybridized carbons (Fsp3) is 0.750. The third-order valence-corrected chi connectivity index (χ3v) is 2.56. The van der Waals surface area contributed by atoms with Crippen LogP contribution in [0.2, 0.25) is 0 Å². The van der Waals surface area contributed by atoms with E-state index < -0.39 is 0 Å². The van der Waals surface area contributed by atoms with E-state index in [1.54, 1.807) is 5.57 Å². The molecule has 0 aromatic rings. The third kappa shape index (κ3) is 0.460. The molecule has 0 N–H and O–H groups in total. The third-order valence-electron chi connectivity index (χ3n) is 2.56. The Hall–Kier alpha value is -0.260. The summed E-state index contributed by atoms with van der Waals surface area (Å²) in [5.74, 6) is 1.99. The van der Waals surface area contributed by atoms with Gasteiger partial charge in [-0.05, 0) is 31.1 Å². The van der Waals surface area contributed by atoms with Gasteiger partial charge >= 0.3 is 0 Å². The van der Waals surface area contributed by atoms with Gasteiger partial charge in [0.15, 0.2) is 0 Å². The molecule has 2 bridgehead atoms. The van der Waals surface area contributed by atoms with Crippen LogP contribution in [-0.2, 0) is 0 Å². The van der Waals surface area contributed by atoms with Gasteiger partial charge in [0.05, 0.1) is 0 Å². The summed E-state index contributed by atoms with van der Waals surface area (Å²) in [5.41, 5.74) is 1.75. The monoisotopic (exact) mass is 108 g/mol. The highest BCUT2D eigenvalue weighted by Crippen LogP contribution is 2.43. The lowest BCUT2D eigenvalue weighted by Gasteiger charge is -2.07. The first kappa shape index (κ1) is 4.60. The molecule has 8 heavy (non-hydrogen) atoms. The van der Waals surface area contributed by atoms with Crippen LogP contribution in [0.1, 0.15) is 26.2 Å². The SMILES string of the molecule is CC1CC2CC=C1C2. The second-order valence-corrected chi connectivity index (χ2v) is 3.22. The summed E-state index contributed by atoms with van der Waals surface area (Å²) >= 11 is 0. The maximum absolute atomic E-state index is 2.44. The number of hydrogen-bond acceptors (Lipinski definition) is 0. The lowest BCUT2D eigenvalue weighted by Crippen LogP contribution is -1.95. The van der Waals surface area contributed by atoms with E-state index in [9.17, 15) is 0 Å². The molecule has 0 aromatic carbocycles. The van der Waals surface area contributed by atoms with E-state index in [4.69, 9.17) is 0 Å². The largest absolute Gasteiger partial charge is 0.0848 e. The van der Waals surface area contributed by atoms with E-state index in [0.717, 1.165) is 11.8 Å². The van der Waals surface area contributed by atoms with Crippen molar-refractivity contribution < 1.29 is 0 Å². The van der Waals surface area contributed by atoms with Crippen molar-refractivity contribution in [2.45, 2.75) is 26.2 Å². The highest BCUT2D eigenvalue weighted by Gasteiger charge is 2.29. The zero-order chi connectivity index (χ0) is 5.56. The molecule has 0 nitrogen and oxygen atoms in total. The quantitative estimate of drug-likeness (QED) is 0.418. The molecular weight excluding hydrogens is 96.1 g/mol. The van der Waals surface area contributed by atoms with Crippen LogP contribution in [0, 0.1) is 11.8 Å². The predicted octanol–water partition coefficient (Wildman–Crippen LogP) is 2.36. The van der Waals surface area contributed by atoms with E-state index in [-0.39, 0.29) is 0 Å². The Morgan fingerprint density at radius 3 is 2.75 bits per heavy atom. The summed E-state index contributed by atoms with van der Waals surface area (Å²) in [6, 6.07) is 0. The van der Waals surface area contributed by atoms with Crippen LogP contribution in [0.3, 0.4) is 0 Å². The maximum Gasteiger partial charge on any atom is -0.0229 e. The molecule has 0 aliphatic heterocycles. The van der Waals surface area contributed by atoms with Crippen molar-refractivity contribution >= 4 is 0 Å². The van der Waals surface area contributed by atoms with E-state index >= 15 is 0 Å². The molecule has 0 aromatic heterocycles. The van der Waals surface area contributed by atoms with Gasteiger partial charge in [0.25, 0.3) is 0 Å². The maximum atomic E-state index is 2.44. The fourth-order valence-electron chi connectivity index (χ4n) is 2.05. The van der Waals surface area contributed by atoms with Gasteiger partial charge in [0, 0.05) is 0 Å². The van der Waals surface area contributed by atoms with Crippen molar-refractivity contribution in [2.24, 2.45) is 11.8 Å². The average Bonchev–Trinajstić information content (AvgIpc) is 2.23. The summed E-state index contributed by atoms with van der Waals surface area (Å²) in [6.45, 7) is 2.35. The van der Waals surface area contributed by atoms with E-state index in [1.807, 2.05) is 0 Å². The Morgan fingerprint density at radius 2 is 2.50 bits per heavy atom. The number of rotatable bonds is 0. The van der Waals surface area contributed by atoms with Gasteiger partial charge in [-0.1, -0.05) is 18.6 Å². The van der Waals surface area contributed by atoms with Crippen LogP contribution in [0.25, 0.3) is 0 Å². The van der Waals surface area contributed by atoms with Crippen molar-refractivity contribution in [2.75, 3.05) is 0 Å². The second kappa shape index (κ2) is 1.37. The van der Waals surface area contributed by atoms with Crippen molar-refractivity contribution in [1.29, 1.82) is 0 Å². The summed E-state index contributed by atoms with van der Waals surface area (Å²) < 4.78 is 0. The molecule has 0 amide bonds. The average molecular weight is 108 g/mol. The van der Waals surface area contributed by atoms with E-state index in [0.29, 0.717) is 0 Å². The van der Waals surface area contributed by atoms with Gasteiger partial charge in [-0.3, -0.25) is 0 Å². The molecule has 0 saturated heterocycles. The molecular formula is C8H12. The van der Waals surface area contributed by atoms with Crippen LogP contribution in [0.15, 0.2) is 11.6 Å². The fourth-order valence-corrected chi connectivity index (χ4v) is 2.05. The van der Waals surface area contributed by atoms with Crippen LogP contribution < -0.4 is 0 Å². The first-order valence-electron chi connectivity index (χ1n) is 3.55. The zero-order valence-electron chi connectivity index (χ0n) is 5.35. The standard InChI is InChI=1S/C8H12/c1-6-4-7-2-3-8(6)5-7/h3,6-7H,2,4-5H2,1H3. The smallest absolute Gasteiger partial charge is 0.0229 e. The molecule has 2 unspecified atom stereocenters. The van der Waals surface area contributed by atoms with Gasteiger partial charge in [-0.15, -0.1) is 0 Å². The summed E-state index contributed by atoms with van der Waals surface area (Å²) in [5, 5.41) is 0. The number of fused-ring (bicyclic) bond motifs is 2. The molecule has 2 rings (SSSR count). The molecule has 44 valence electrons. The van der Waals surface area contributed by atoms with Gasteiger partial charge in [0.1, 0.15) is 0 Å². The van der Waals surface area contributed by atoms with E-state index in [2.05, 4.69) is 13.0 Å². The number of allylic oxidation sites excluding steroid dienone is 2. The van der Waals surface area contributed by atoms with Gasteiger partial charge in [-0.2, -0.15) is 0 Å². The summed E-state index contributed by atoms with van der Waals surface area (Å²) in [7, 11) is 0. The minimum absolute atomic E-state index is 0.939. The van der Waals surface area contributed by atoms with Gasteiger partial charge in [-0.25, -0.2) is 0 Å². The van der Waals surface area contributed by atoms with Gasteiger partial charge in [0.2, 0.25) is 0 Å². The van der Waals surface area contributed by atoms with Crippen LogP contribution >= 0.6 is 0 Å². The highest BCUT2D eigenvalue weighted by molar-refractivity contribution is 5.18. The van der Waals surface area contributed by atoms with Crippen LogP contribution in [0.5, 0.6) is 0 Å². The Balaban J connectivity index is 2.28. The molecule has 0 radical (unpaired) electrons. The predicted molar refractivity (Wildman–Crippen MR) is 34.6 cm³/mol.